The van der Waals surface area contributed by atoms with E-state index < -0.39 is 0 Å². The molecule has 11 nitrogen and oxygen atoms in total. The molecule has 4 aliphatic rings. The maximum atomic E-state index is 13.5. The quantitative estimate of drug-likeness (QED) is 0.101. The van der Waals surface area contributed by atoms with E-state index in [2.05, 4.69) is 41.4 Å². The predicted octanol–water partition coefficient (Wildman–Crippen LogP) is 5.00. The Labute approximate surface area is 278 Å². The van der Waals surface area contributed by atoms with Gasteiger partial charge in [0.25, 0.3) is 5.69 Å². The van der Waals surface area contributed by atoms with Crippen molar-refractivity contribution in [2.75, 3.05) is 62.6 Å². The van der Waals surface area contributed by atoms with E-state index in [0.29, 0.717) is 17.4 Å². The van der Waals surface area contributed by atoms with Crippen LogP contribution in [0.4, 0.5) is 17.1 Å². The summed E-state index contributed by atoms with van der Waals surface area (Å²) in [5, 5.41) is 20.4. The van der Waals surface area contributed by atoms with Crippen LogP contribution in [-0.4, -0.2) is 96.3 Å². The lowest BCUT2D eigenvalue weighted by Gasteiger charge is -2.37. The first-order valence-corrected chi connectivity index (χ1v) is 16.8. The number of piperazine rings is 1. The van der Waals surface area contributed by atoms with Gasteiger partial charge < -0.3 is 25.3 Å². The van der Waals surface area contributed by atoms with Gasteiger partial charge in [0.15, 0.2) is 5.78 Å². The second-order valence-electron chi connectivity index (χ2n) is 12.8. The van der Waals surface area contributed by atoms with Gasteiger partial charge in [-0.1, -0.05) is 42.5 Å². The molecule has 0 amide bonds. The highest BCUT2D eigenvalue weighted by Gasteiger charge is 2.44. The number of carbonyl (C=O) groups is 1. The average molecular weight is 643 g/mol. The summed E-state index contributed by atoms with van der Waals surface area (Å²) in [6.07, 6.45) is 7.95. The zero-order valence-corrected chi connectivity index (χ0v) is 26.7. The number of fused-ring (bicyclic) bond motifs is 4. The van der Waals surface area contributed by atoms with Crippen LogP contribution in [-0.2, 0) is 0 Å². The fourth-order valence-electron chi connectivity index (χ4n) is 7.57. The van der Waals surface area contributed by atoms with Crippen molar-refractivity contribution >= 4 is 51.0 Å². The van der Waals surface area contributed by atoms with Gasteiger partial charge in [0.1, 0.15) is 5.39 Å². The number of non-ortho nitro benzene ring substituents is 1. The van der Waals surface area contributed by atoms with Crippen LogP contribution in [0.15, 0.2) is 95.1 Å². The number of hydrogen-bond acceptors (Lipinski definition) is 10. The van der Waals surface area contributed by atoms with Crippen LogP contribution in [0.5, 0.6) is 0 Å². The van der Waals surface area contributed by atoms with E-state index in [4.69, 9.17) is 0 Å². The number of aromatic nitrogens is 1. The number of nitro benzene ring substituents is 1. The van der Waals surface area contributed by atoms with Crippen molar-refractivity contribution in [3.8, 4) is 0 Å². The van der Waals surface area contributed by atoms with Crippen molar-refractivity contribution in [1.29, 1.82) is 0 Å². The number of carbonyl (C=O) groups excluding carboxylic acids is 1. The van der Waals surface area contributed by atoms with E-state index in [1.165, 1.54) is 0 Å². The molecule has 4 heterocycles. The third kappa shape index (κ3) is 5.48. The van der Waals surface area contributed by atoms with Crippen molar-refractivity contribution in [2.24, 2.45) is 4.99 Å². The third-order valence-electron chi connectivity index (χ3n) is 9.97. The second-order valence-corrected chi connectivity index (χ2v) is 12.8. The standard InChI is InChI=1S/C37H38N8O3/c46-37-26-9-2-4-12-31(26)44-24-40-30-15-14-28(34(37)36(30)44)38-16-6-18-42-20-22-43(23-21-42)19-7-17-39-35-25-8-1-3-10-27(25)41-29-11-5-13-32(33(29)35)45(47)48/h1-5,8-15,24,30,36,38H,6-7,16-23H2,(H,39,41). The molecule has 0 radical (unpaired) electrons. The molecule has 48 heavy (non-hydrogen) atoms. The van der Waals surface area contributed by atoms with Gasteiger partial charge in [-0.2, -0.15) is 0 Å². The van der Waals surface area contributed by atoms with Gasteiger partial charge in [0.2, 0.25) is 0 Å². The predicted molar refractivity (Wildman–Crippen MR) is 190 cm³/mol. The number of benzene rings is 3. The zero-order valence-electron chi connectivity index (χ0n) is 26.7. The Morgan fingerprint density at radius 3 is 2.35 bits per heavy atom. The Balaban J connectivity index is 0.817. The molecule has 8 rings (SSSR count). The minimum atomic E-state index is -0.326. The molecule has 3 aromatic carbocycles. The Kier molecular flexibility index (Phi) is 8.07. The number of ketones is 1. The fraction of sp³-hybridized carbons (Fsp3) is 0.324. The van der Waals surface area contributed by atoms with Crippen LogP contribution in [0, 0.1) is 10.1 Å². The molecule has 1 fully saturated rings. The maximum Gasteiger partial charge on any atom is 0.280 e. The van der Waals surface area contributed by atoms with Crippen molar-refractivity contribution in [3.63, 3.8) is 0 Å². The number of nitro groups is 1. The number of para-hydroxylation sites is 2. The minimum Gasteiger partial charge on any atom is -0.385 e. The van der Waals surface area contributed by atoms with Crippen LogP contribution in [0.3, 0.4) is 0 Å². The van der Waals surface area contributed by atoms with Gasteiger partial charge in [-0.05, 0) is 56.3 Å². The van der Waals surface area contributed by atoms with Crippen molar-refractivity contribution in [1.82, 2.24) is 20.1 Å². The van der Waals surface area contributed by atoms with Crippen molar-refractivity contribution in [3.05, 3.63) is 106 Å². The molecule has 3 aliphatic heterocycles. The van der Waals surface area contributed by atoms with Gasteiger partial charge in [0, 0.05) is 67.6 Å². The number of nitrogens with zero attached hydrogens (tertiary/aromatic N) is 6. The van der Waals surface area contributed by atoms with E-state index >= 15 is 0 Å². The summed E-state index contributed by atoms with van der Waals surface area (Å²) in [6, 6.07) is 20.6. The first kappa shape index (κ1) is 30.2. The van der Waals surface area contributed by atoms with Crippen molar-refractivity contribution in [2.45, 2.75) is 24.9 Å². The van der Waals surface area contributed by atoms with Gasteiger partial charge in [-0.15, -0.1) is 0 Å². The van der Waals surface area contributed by atoms with Gasteiger partial charge in [-0.25, -0.2) is 4.98 Å². The molecule has 2 N–H and O–H groups in total. The minimum absolute atomic E-state index is 0.0215. The molecule has 244 valence electrons. The van der Waals surface area contributed by atoms with Crippen LogP contribution in [0.1, 0.15) is 23.2 Å². The molecule has 0 bridgehead atoms. The van der Waals surface area contributed by atoms with Gasteiger partial charge >= 0.3 is 0 Å². The molecule has 1 saturated heterocycles. The van der Waals surface area contributed by atoms with Gasteiger partial charge in [-0.3, -0.25) is 19.9 Å². The molecule has 4 aromatic rings. The normalized spacial score (nSPS) is 20.4. The van der Waals surface area contributed by atoms with Crippen LogP contribution in [0.2, 0.25) is 0 Å². The monoisotopic (exact) mass is 642 g/mol. The molecule has 0 spiro atoms. The Morgan fingerprint density at radius 2 is 1.56 bits per heavy atom. The third-order valence-corrected chi connectivity index (χ3v) is 9.97. The summed E-state index contributed by atoms with van der Waals surface area (Å²) in [5.74, 6) is 0.101. The SMILES string of the molecule is O=C1C2=C(NCCCN3CCN(CCCNc4c5ccccc5nc5cccc([N+](=O)[O-])c45)CC3)C=CC3N=CN(c4ccccc41)C23. The number of aliphatic imine (C=N–C) groups is 1. The van der Waals surface area contributed by atoms with Crippen molar-refractivity contribution < 1.29 is 9.72 Å². The van der Waals surface area contributed by atoms with E-state index in [0.717, 1.165) is 97.8 Å². The molecule has 0 saturated carbocycles. The lowest BCUT2D eigenvalue weighted by molar-refractivity contribution is -0.383. The Bertz CT molecular complexity index is 2000. The number of rotatable bonds is 11. The molecule has 1 aliphatic carbocycles. The van der Waals surface area contributed by atoms with Crippen LogP contribution < -0.4 is 15.5 Å². The smallest absolute Gasteiger partial charge is 0.280 e. The van der Waals surface area contributed by atoms with Crippen LogP contribution in [0.25, 0.3) is 21.8 Å². The summed E-state index contributed by atoms with van der Waals surface area (Å²) in [6.45, 7) is 7.58. The zero-order chi connectivity index (χ0) is 32.6. The molecule has 11 heteroatoms. The lowest BCUT2D eigenvalue weighted by Crippen LogP contribution is -2.47. The number of allylic oxidation sites excluding steroid dienone is 1. The topological polar surface area (TPSA) is 119 Å². The summed E-state index contributed by atoms with van der Waals surface area (Å²) in [7, 11) is 0. The summed E-state index contributed by atoms with van der Waals surface area (Å²) >= 11 is 0. The highest BCUT2D eigenvalue weighted by molar-refractivity contribution is 6.19. The molecule has 2 atom stereocenters. The van der Waals surface area contributed by atoms with E-state index in [1.807, 2.05) is 67.0 Å². The number of pyridine rings is 1. The molecule has 1 aromatic heterocycles. The number of anilines is 2. The number of Topliss-reactive ketones (excluding diaryl/α,β-unsaturated/α-hetero) is 1. The summed E-state index contributed by atoms with van der Waals surface area (Å²) in [5.41, 5.74) is 5.73. The number of nitrogens with one attached hydrogen (secondary N) is 2. The fourth-order valence-corrected chi connectivity index (χ4v) is 7.57. The van der Waals surface area contributed by atoms with E-state index in [1.54, 1.807) is 12.1 Å². The first-order valence-electron chi connectivity index (χ1n) is 16.8. The molecular formula is C37H38N8O3. The van der Waals surface area contributed by atoms with E-state index in [-0.39, 0.29) is 28.5 Å². The summed E-state index contributed by atoms with van der Waals surface area (Å²) < 4.78 is 0. The van der Waals surface area contributed by atoms with Gasteiger partial charge in [0.05, 0.1) is 45.8 Å². The summed E-state index contributed by atoms with van der Waals surface area (Å²) in [4.78, 5) is 41.6. The molecule has 2 unspecified atom stereocenters. The number of hydrogen-bond donors (Lipinski definition) is 2. The van der Waals surface area contributed by atoms with Crippen LogP contribution >= 0.6 is 0 Å². The Morgan fingerprint density at radius 1 is 0.854 bits per heavy atom. The highest BCUT2D eigenvalue weighted by Crippen LogP contribution is 2.40. The average Bonchev–Trinajstić information content (AvgIpc) is 3.55. The Hall–Kier alpha value is -5.13. The maximum absolute atomic E-state index is 13.5. The van der Waals surface area contributed by atoms with E-state index in [9.17, 15) is 14.9 Å². The second kappa shape index (κ2) is 12.8. The first-order chi connectivity index (χ1) is 23.6. The lowest BCUT2D eigenvalue weighted by atomic mass is 9.83. The highest BCUT2D eigenvalue weighted by atomic mass is 16.6. The molecular weight excluding hydrogens is 604 g/mol. The largest absolute Gasteiger partial charge is 0.385 e.